The molecular weight excluding hydrogens is 686 g/mol. The van der Waals surface area contributed by atoms with E-state index in [4.69, 9.17) is 0 Å². The predicted molar refractivity (Wildman–Crippen MR) is 176 cm³/mol. The molecule has 2 aliphatic heterocycles. The maximum absolute atomic E-state index is 12.8. The number of alkyl halides is 6. The molecule has 4 aromatic rings. The van der Waals surface area contributed by atoms with Gasteiger partial charge in [-0.25, -0.2) is 0 Å². The molecule has 1 unspecified atom stereocenters. The van der Waals surface area contributed by atoms with Crippen molar-refractivity contribution in [2.24, 2.45) is 10.8 Å². The maximum Gasteiger partial charge on any atom is 0.416 e. The number of rotatable bonds is 6. The quantitative estimate of drug-likeness (QED) is 0.149. The lowest BCUT2D eigenvalue weighted by atomic mass is 9.96. The Labute approximate surface area is 295 Å². The van der Waals surface area contributed by atoms with Crippen molar-refractivity contribution in [1.82, 2.24) is 9.80 Å². The van der Waals surface area contributed by atoms with Crippen molar-refractivity contribution < 1.29 is 45.5 Å². The molecule has 268 valence electrons. The summed E-state index contributed by atoms with van der Waals surface area (Å²) in [5.74, 6) is -1.24. The van der Waals surface area contributed by atoms with E-state index in [9.17, 15) is 45.5 Å². The third-order valence-corrected chi connectivity index (χ3v) is 10.7. The Morgan fingerprint density at radius 3 is 1.13 bits per heavy atom. The van der Waals surface area contributed by atoms with Crippen LogP contribution in [0.4, 0.5) is 26.3 Å². The van der Waals surface area contributed by atoms with Gasteiger partial charge in [0, 0.05) is 12.8 Å². The van der Waals surface area contributed by atoms with E-state index in [1.54, 1.807) is 0 Å². The van der Waals surface area contributed by atoms with E-state index in [1.807, 2.05) is 60.7 Å². The highest BCUT2D eigenvalue weighted by Gasteiger charge is 2.68. The van der Waals surface area contributed by atoms with E-state index in [2.05, 4.69) is 0 Å². The molecule has 4 amide bonds. The van der Waals surface area contributed by atoms with E-state index in [0.717, 1.165) is 35.4 Å². The van der Waals surface area contributed by atoms with Gasteiger partial charge >= 0.3 is 12.4 Å². The van der Waals surface area contributed by atoms with Gasteiger partial charge in [0.1, 0.15) is 0 Å². The number of nitrogens with zero attached hydrogens (tertiary/aromatic N) is 2. The average Bonchev–Trinajstić information content (AvgIpc) is 4.00. The molecule has 4 fully saturated rings. The summed E-state index contributed by atoms with van der Waals surface area (Å²) >= 11 is 0. The van der Waals surface area contributed by atoms with Crippen LogP contribution in [0.1, 0.15) is 70.9 Å². The molecule has 0 bridgehead atoms. The van der Waals surface area contributed by atoms with Crippen LogP contribution in [0.3, 0.4) is 0 Å². The third-order valence-electron chi connectivity index (χ3n) is 10.7. The monoisotopic (exact) mass is 718 g/mol. The van der Waals surface area contributed by atoms with Gasteiger partial charge in [-0.05, 0) is 71.2 Å². The van der Waals surface area contributed by atoms with Gasteiger partial charge in [-0.2, -0.15) is 26.3 Å². The summed E-state index contributed by atoms with van der Waals surface area (Å²) in [4.78, 5) is 53.0. The topological polar surface area (TPSA) is 74.8 Å². The zero-order chi connectivity index (χ0) is 37.1. The fourth-order valence-corrected chi connectivity index (χ4v) is 7.65. The number of amides is 4. The van der Waals surface area contributed by atoms with Crippen molar-refractivity contribution in [1.29, 1.82) is 0 Å². The zero-order valence-electron chi connectivity index (χ0n) is 27.6. The minimum absolute atomic E-state index is 0.129. The molecule has 2 aliphatic carbocycles. The summed E-state index contributed by atoms with van der Waals surface area (Å²) in [5.41, 5.74) is 0.139. The number of carbonyl (C=O) groups excluding carboxylic acids is 4. The van der Waals surface area contributed by atoms with Gasteiger partial charge in [0.25, 0.3) is 0 Å². The van der Waals surface area contributed by atoms with Gasteiger partial charge in [-0.1, -0.05) is 84.9 Å². The number of likely N-dealkylation sites (tertiary alicyclic amines) is 2. The number of hydrogen-bond donors (Lipinski definition) is 0. The van der Waals surface area contributed by atoms with Crippen molar-refractivity contribution in [3.8, 4) is 0 Å². The second-order valence-corrected chi connectivity index (χ2v) is 14.0. The normalized spacial score (nSPS) is 25.2. The summed E-state index contributed by atoms with van der Waals surface area (Å²) in [6, 6.07) is 28.3. The molecule has 2 heterocycles. The fourth-order valence-electron chi connectivity index (χ4n) is 7.65. The Hall–Kier alpha value is -5.26. The van der Waals surface area contributed by atoms with Crippen LogP contribution >= 0.6 is 0 Å². The molecule has 6 nitrogen and oxygen atoms in total. The van der Waals surface area contributed by atoms with Crippen LogP contribution in [0.5, 0.6) is 0 Å². The molecule has 2 saturated heterocycles. The molecule has 4 aromatic carbocycles. The molecule has 2 saturated carbocycles. The first-order valence-corrected chi connectivity index (χ1v) is 16.7. The maximum atomic E-state index is 12.8. The third kappa shape index (κ3) is 6.50. The van der Waals surface area contributed by atoms with Gasteiger partial charge in [0.05, 0.1) is 35.0 Å². The Morgan fingerprint density at radius 1 is 0.500 bits per heavy atom. The van der Waals surface area contributed by atoms with Crippen LogP contribution in [-0.2, 0) is 44.6 Å². The van der Waals surface area contributed by atoms with Crippen LogP contribution < -0.4 is 0 Å². The van der Waals surface area contributed by atoms with Gasteiger partial charge in [0.2, 0.25) is 23.6 Å². The van der Waals surface area contributed by atoms with E-state index in [0.29, 0.717) is 24.0 Å². The molecule has 12 heteroatoms. The lowest BCUT2D eigenvalue weighted by molar-refractivity contribution is -0.142. The average molecular weight is 719 g/mol. The second kappa shape index (κ2) is 12.8. The van der Waals surface area contributed by atoms with Crippen molar-refractivity contribution in [3.63, 3.8) is 0 Å². The standard InChI is InChI=1S/2C20H16F3NO2/c2*21-20(22,23)15-8-6-14(7-9-15)16-10-19(16)11-17(25)24(18(19)26)12-13-4-2-1-3-5-13/h2*1-9,16H,10-12H2/t16-,19?;16-,19+/m01/s1. The molecule has 4 atom stereocenters. The number of imide groups is 2. The first kappa shape index (κ1) is 35.2. The molecule has 4 aliphatic rings. The summed E-state index contributed by atoms with van der Waals surface area (Å²) in [7, 11) is 0. The Kier molecular flexibility index (Phi) is 8.62. The minimum atomic E-state index is -4.38. The van der Waals surface area contributed by atoms with Gasteiger partial charge < -0.3 is 0 Å². The molecule has 0 aromatic heterocycles. The van der Waals surface area contributed by atoms with Crippen molar-refractivity contribution in [2.75, 3.05) is 0 Å². The van der Waals surface area contributed by atoms with E-state index < -0.39 is 34.3 Å². The lowest BCUT2D eigenvalue weighted by Gasteiger charge is -2.15. The first-order chi connectivity index (χ1) is 24.6. The van der Waals surface area contributed by atoms with Gasteiger partial charge in [-0.3, -0.25) is 29.0 Å². The summed E-state index contributed by atoms with van der Waals surface area (Å²) < 4.78 is 76.2. The number of halogens is 6. The molecule has 52 heavy (non-hydrogen) atoms. The minimum Gasteiger partial charge on any atom is -0.278 e. The second-order valence-electron chi connectivity index (χ2n) is 14.0. The fraction of sp³-hybridized carbons (Fsp3) is 0.300. The van der Waals surface area contributed by atoms with Crippen LogP contribution in [0.15, 0.2) is 109 Å². The smallest absolute Gasteiger partial charge is 0.278 e. The van der Waals surface area contributed by atoms with Crippen LogP contribution in [0, 0.1) is 10.8 Å². The van der Waals surface area contributed by atoms with E-state index >= 15 is 0 Å². The molecule has 2 spiro atoms. The van der Waals surface area contributed by atoms with Gasteiger partial charge in [-0.15, -0.1) is 0 Å². The highest BCUT2D eigenvalue weighted by Crippen LogP contribution is 2.66. The lowest BCUT2D eigenvalue weighted by Crippen LogP contribution is -2.30. The van der Waals surface area contributed by atoms with Crippen molar-refractivity contribution in [3.05, 3.63) is 143 Å². The van der Waals surface area contributed by atoms with E-state index in [-0.39, 0.29) is 61.4 Å². The van der Waals surface area contributed by atoms with Crippen molar-refractivity contribution >= 4 is 23.6 Å². The molecular formula is C40H32F6N2O4. The number of hydrogen-bond acceptors (Lipinski definition) is 4. The highest BCUT2D eigenvalue weighted by molar-refractivity contribution is 6.09. The molecule has 0 N–H and O–H groups in total. The Bertz CT molecular complexity index is 1870. The summed E-state index contributed by atoms with van der Waals surface area (Å²) in [5, 5.41) is 0. The largest absolute Gasteiger partial charge is 0.416 e. The Balaban J connectivity index is 0.000000162. The van der Waals surface area contributed by atoms with Crippen LogP contribution in [0.2, 0.25) is 0 Å². The number of carbonyl (C=O) groups is 4. The van der Waals surface area contributed by atoms with Crippen LogP contribution in [-0.4, -0.2) is 33.4 Å². The zero-order valence-corrected chi connectivity index (χ0v) is 27.6. The SMILES string of the molecule is O=C1CC2(C[C@H]2c2ccc(C(F)(F)F)cc2)C(=O)N1Cc1ccccc1.O=C1C[C@]2(C[C@@H]2c2ccc(C(F)(F)F)cc2)C(=O)N1Cc1ccccc1. The number of benzene rings is 4. The predicted octanol–water partition coefficient (Wildman–Crippen LogP) is 8.28. The highest BCUT2D eigenvalue weighted by atomic mass is 19.4. The molecule has 8 rings (SSSR count). The van der Waals surface area contributed by atoms with Gasteiger partial charge in [0.15, 0.2) is 0 Å². The summed E-state index contributed by atoms with van der Waals surface area (Å²) in [6.07, 6.45) is -7.49. The van der Waals surface area contributed by atoms with Crippen molar-refractivity contribution in [2.45, 2.75) is 63.0 Å². The first-order valence-electron chi connectivity index (χ1n) is 16.7. The van der Waals surface area contributed by atoms with E-state index in [1.165, 1.54) is 34.1 Å². The molecule has 0 radical (unpaired) electrons. The van der Waals surface area contributed by atoms with Crippen LogP contribution in [0.25, 0.3) is 0 Å². The summed E-state index contributed by atoms with van der Waals surface area (Å²) in [6.45, 7) is 0.472. The Morgan fingerprint density at radius 2 is 0.827 bits per heavy atom.